The van der Waals surface area contributed by atoms with Crippen LogP contribution in [-0.4, -0.2) is 22.0 Å². The van der Waals surface area contributed by atoms with E-state index in [0.717, 1.165) is 11.1 Å². The molecule has 0 amide bonds. The van der Waals surface area contributed by atoms with Crippen LogP contribution < -0.4 is 10.9 Å². The van der Waals surface area contributed by atoms with Crippen LogP contribution in [0, 0.1) is 6.92 Å². The minimum absolute atomic E-state index is 0.151. The van der Waals surface area contributed by atoms with Crippen molar-refractivity contribution in [1.29, 1.82) is 0 Å². The zero-order valence-corrected chi connectivity index (χ0v) is 8.28. The molecule has 1 aromatic carbocycles. The summed E-state index contributed by atoms with van der Waals surface area (Å²) in [5, 5.41) is 0. The summed E-state index contributed by atoms with van der Waals surface area (Å²) in [5.74, 6) is 0. The van der Waals surface area contributed by atoms with E-state index in [9.17, 15) is 0 Å². The number of hydrogen-bond donors (Lipinski definition) is 0. The zero-order valence-electron chi connectivity index (χ0n) is 8.28. The van der Waals surface area contributed by atoms with Crippen LogP contribution in [0.4, 0.5) is 0 Å². The number of hydrogen-bond acceptors (Lipinski definition) is 2. The second kappa shape index (κ2) is 3.44. The molecule has 0 bridgehead atoms. The lowest BCUT2D eigenvalue weighted by Gasteiger charge is -2.35. The Labute approximate surface area is 86.4 Å². The van der Waals surface area contributed by atoms with Crippen LogP contribution in [-0.2, 0) is 9.47 Å². The second-order valence-corrected chi connectivity index (χ2v) is 3.51. The number of benzene rings is 1. The van der Waals surface area contributed by atoms with Crippen molar-refractivity contribution >= 4 is 26.6 Å². The zero-order chi connectivity index (χ0) is 10.3. The van der Waals surface area contributed by atoms with Gasteiger partial charge in [-0.15, -0.1) is 0 Å². The quantitative estimate of drug-likeness (QED) is 0.570. The third-order valence-electron chi connectivity index (χ3n) is 2.36. The predicted octanol–water partition coefficient (Wildman–Crippen LogP) is -0.0260. The molecule has 0 atom stereocenters. The summed E-state index contributed by atoms with van der Waals surface area (Å²) in [4.78, 5) is 0. The highest BCUT2D eigenvalue weighted by Crippen LogP contribution is 2.29. The Morgan fingerprint density at radius 3 is 2.36 bits per heavy atom. The average Bonchev–Trinajstić information content (AvgIpc) is 2.07. The van der Waals surface area contributed by atoms with Gasteiger partial charge in [0, 0.05) is 5.56 Å². The first-order valence-electron chi connectivity index (χ1n) is 4.54. The predicted molar refractivity (Wildman–Crippen MR) is 56.3 cm³/mol. The van der Waals surface area contributed by atoms with Crippen LogP contribution in [0.25, 0.3) is 0 Å². The summed E-state index contributed by atoms with van der Waals surface area (Å²) in [6.07, 6.45) is -0.505. The van der Waals surface area contributed by atoms with E-state index in [4.69, 9.17) is 25.2 Å². The first-order chi connectivity index (χ1) is 6.58. The van der Waals surface area contributed by atoms with Gasteiger partial charge in [0.15, 0.2) is 12.6 Å². The van der Waals surface area contributed by atoms with E-state index in [2.05, 4.69) is 0 Å². The third kappa shape index (κ3) is 1.60. The van der Waals surface area contributed by atoms with E-state index in [1.807, 2.05) is 19.9 Å². The molecule has 0 saturated carbocycles. The number of rotatable bonds is 1. The van der Waals surface area contributed by atoms with Gasteiger partial charge in [0.1, 0.15) is 15.7 Å². The van der Waals surface area contributed by atoms with E-state index >= 15 is 0 Å². The molecule has 1 aliphatic rings. The van der Waals surface area contributed by atoms with Gasteiger partial charge in [0.2, 0.25) is 0 Å². The van der Waals surface area contributed by atoms with Crippen LogP contribution in [0.15, 0.2) is 12.1 Å². The molecular weight excluding hydrogens is 174 g/mol. The van der Waals surface area contributed by atoms with Gasteiger partial charge in [-0.2, -0.15) is 0 Å². The van der Waals surface area contributed by atoms with Gasteiger partial charge in [-0.3, -0.25) is 0 Å². The smallest absolute Gasteiger partial charge is 0.189 e. The molecule has 2 nitrogen and oxygen atoms in total. The van der Waals surface area contributed by atoms with Gasteiger partial charge in [-0.05, 0) is 13.8 Å². The van der Waals surface area contributed by atoms with E-state index in [0.29, 0.717) is 10.9 Å². The van der Waals surface area contributed by atoms with Crippen LogP contribution in [0.5, 0.6) is 0 Å². The van der Waals surface area contributed by atoms with Crippen molar-refractivity contribution in [2.24, 2.45) is 0 Å². The molecule has 1 saturated heterocycles. The summed E-state index contributed by atoms with van der Waals surface area (Å²) < 4.78 is 10.7. The highest BCUT2D eigenvalue weighted by Gasteiger charge is 2.29. The Bertz CT molecular complexity index is 359. The minimum Gasteiger partial charge on any atom is -0.320 e. The van der Waals surface area contributed by atoms with Crippen LogP contribution in [0.2, 0.25) is 0 Å². The monoisotopic (exact) mass is 184 g/mol. The molecule has 0 aromatic heterocycles. The molecule has 1 heterocycles. The lowest BCUT2D eigenvalue weighted by Crippen LogP contribution is -2.36. The van der Waals surface area contributed by atoms with Crippen molar-refractivity contribution in [1.82, 2.24) is 0 Å². The van der Waals surface area contributed by atoms with E-state index in [1.165, 1.54) is 0 Å². The maximum absolute atomic E-state index is 5.83. The first kappa shape index (κ1) is 9.81. The molecule has 0 spiro atoms. The van der Waals surface area contributed by atoms with E-state index in [-0.39, 0.29) is 12.6 Å². The first-order valence-corrected chi connectivity index (χ1v) is 4.54. The Hall–Kier alpha value is -0.730. The minimum atomic E-state index is -0.354. The fraction of sp³-hybridized carbons (Fsp3) is 0.400. The second-order valence-electron chi connectivity index (χ2n) is 3.51. The Balaban J connectivity index is 2.30. The van der Waals surface area contributed by atoms with Crippen molar-refractivity contribution in [3.63, 3.8) is 0 Å². The maximum Gasteiger partial charge on any atom is 0.189 e. The summed E-state index contributed by atoms with van der Waals surface area (Å²) in [7, 11) is 11.6. The summed E-state index contributed by atoms with van der Waals surface area (Å²) in [6.45, 7) is 3.75. The van der Waals surface area contributed by atoms with Crippen LogP contribution in [0.1, 0.15) is 24.3 Å². The molecule has 1 aromatic rings. The Morgan fingerprint density at radius 2 is 1.79 bits per heavy atom. The third-order valence-corrected chi connectivity index (χ3v) is 2.36. The summed E-state index contributed by atoms with van der Waals surface area (Å²) >= 11 is 0. The number of ether oxygens (including phenoxy) is 2. The molecule has 0 unspecified atom stereocenters. The summed E-state index contributed by atoms with van der Waals surface area (Å²) in [6, 6.07) is 3.64. The SMILES string of the molecule is [B]c1cc(C2OC(C)O2)c([B])cc1C. The molecule has 1 fully saturated rings. The molecular formula is C10H10B2O2. The lowest BCUT2D eigenvalue weighted by molar-refractivity contribution is -0.382. The van der Waals surface area contributed by atoms with Crippen molar-refractivity contribution < 1.29 is 9.47 Å². The molecule has 1 aliphatic heterocycles. The fourth-order valence-corrected chi connectivity index (χ4v) is 1.47. The van der Waals surface area contributed by atoms with Gasteiger partial charge in [-0.1, -0.05) is 28.6 Å². The van der Waals surface area contributed by atoms with Gasteiger partial charge in [0.05, 0.1) is 0 Å². The van der Waals surface area contributed by atoms with E-state index in [1.54, 1.807) is 6.07 Å². The van der Waals surface area contributed by atoms with Crippen LogP contribution in [0.3, 0.4) is 0 Å². The average molecular weight is 184 g/mol. The molecule has 4 heteroatoms. The molecule has 68 valence electrons. The lowest BCUT2D eigenvalue weighted by atomic mass is 9.81. The number of aryl methyl sites for hydroxylation is 1. The molecule has 2 rings (SSSR count). The Kier molecular flexibility index (Phi) is 2.41. The van der Waals surface area contributed by atoms with Crippen molar-refractivity contribution in [3.05, 3.63) is 23.3 Å². The highest BCUT2D eigenvalue weighted by atomic mass is 16.9. The normalized spacial score (nSPS) is 25.9. The maximum atomic E-state index is 5.83. The van der Waals surface area contributed by atoms with Crippen molar-refractivity contribution in [3.8, 4) is 0 Å². The molecule has 4 radical (unpaired) electrons. The fourth-order valence-electron chi connectivity index (χ4n) is 1.47. The van der Waals surface area contributed by atoms with Gasteiger partial charge in [-0.25, -0.2) is 0 Å². The standard InChI is InChI=1S/C10H10B2O2/c1-5-3-9(12)7(4-8(5)11)10-13-6(2)14-10/h3-4,6,10H,1-2H3. The topological polar surface area (TPSA) is 18.5 Å². The highest BCUT2D eigenvalue weighted by molar-refractivity contribution is 6.37. The summed E-state index contributed by atoms with van der Waals surface area (Å²) in [5.41, 5.74) is 3.15. The molecule has 0 N–H and O–H groups in total. The molecule has 0 aliphatic carbocycles. The van der Waals surface area contributed by atoms with Crippen molar-refractivity contribution in [2.75, 3.05) is 0 Å². The molecule has 14 heavy (non-hydrogen) atoms. The Morgan fingerprint density at radius 1 is 1.14 bits per heavy atom. The van der Waals surface area contributed by atoms with Gasteiger partial charge in [0.25, 0.3) is 0 Å². The largest absolute Gasteiger partial charge is 0.320 e. The van der Waals surface area contributed by atoms with Crippen LogP contribution >= 0.6 is 0 Å². The van der Waals surface area contributed by atoms with Crippen molar-refractivity contribution in [2.45, 2.75) is 26.4 Å². The van der Waals surface area contributed by atoms with Gasteiger partial charge < -0.3 is 9.47 Å². The van der Waals surface area contributed by atoms with E-state index < -0.39 is 0 Å². The van der Waals surface area contributed by atoms with Gasteiger partial charge >= 0.3 is 0 Å².